The van der Waals surface area contributed by atoms with Crippen LogP contribution in [-0.2, 0) is 4.74 Å². The zero-order valence-corrected chi connectivity index (χ0v) is 11.1. The van der Waals surface area contributed by atoms with Crippen LogP contribution in [-0.4, -0.2) is 40.0 Å². The Morgan fingerprint density at radius 3 is 2.84 bits per heavy atom. The molecule has 6 nitrogen and oxygen atoms in total. The van der Waals surface area contributed by atoms with Crippen LogP contribution < -0.4 is 5.32 Å². The van der Waals surface area contributed by atoms with Crippen molar-refractivity contribution in [1.29, 1.82) is 0 Å². The van der Waals surface area contributed by atoms with Gasteiger partial charge in [0.25, 0.3) is 0 Å². The first kappa shape index (κ1) is 12.1. The molecule has 0 unspecified atom stereocenters. The minimum Gasteiger partial charge on any atom is -0.384 e. The Balaban J connectivity index is 1.72. The number of nitrogens with zero attached hydrogens (tertiary/aromatic N) is 4. The Labute approximate surface area is 111 Å². The first-order valence-corrected chi connectivity index (χ1v) is 6.32. The lowest BCUT2D eigenvalue weighted by molar-refractivity contribution is -0.0924. The fourth-order valence-corrected chi connectivity index (χ4v) is 2.16. The van der Waals surface area contributed by atoms with Crippen molar-refractivity contribution in [3.63, 3.8) is 0 Å². The Morgan fingerprint density at radius 1 is 1.42 bits per heavy atom. The molecule has 0 radical (unpaired) electrons. The molecule has 3 rings (SSSR count). The third kappa shape index (κ3) is 2.44. The summed E-state index contributed by atoms with van der Waals surface area (Å²) in [4.78, 5) is 0. The summed E-state index contributed by atoms with van der Waals surface area (Å²) < 4.78 is 6.92. The van der Waals surface area contributed by atoms with Crippen LogP contribution in [0.4, 0.5) is 5.69 Å². The number of aromatic nitrogens is 4. The highest BCUT2D eigenvalue weighted by atomic mass is 16.5. The summed E-state index contributed by atoms with van der Waals surface area (Å²) in [6.07, 6.45) is 1.60. The van der Waals surface area contributed by atoms with E-state index in [1.54, 1.807) is 11.0 Å². The highest BCUT2D eigenvalue weighted by Crippen LogP contribution is 2.27. The first-order valence-electron chi connectivity index (χ1n) is 6.32. The Morgan fingerprint density at radius 2 is 2.26 bits per heavy atom. The van der Waals surface area contributed by atoms with Crippen molar-refractivity contribution in [3.05, 3.63) is 30.1 Å². The molecule has 19 heavy (non-hydrogen) atoms. The molecule has 2 heterocycles. The van der Waals surface area contributed by atoms with Crippen LogP contribution in [0.3, 0.4) is 0 Å². The maximum Gasteiger partial charge on any atom is 0.143 e. The lowest BCUT2D eigenvalue weighted by atomic mass is 9.88. The van der Waals surface area contributed by atoms with Gasteiger partial charge in [0.05, 0.1) is 18.9 Å². The number of rotatable bonds is 4. The largest absolute Gasteiger partial charge is 0.384 e. The number of hydrogen-bond acceptors (Lipinski definition) is 5. The molecule has 1 aromatic carbocycles. The van der Waals surface area contributed by atoms with Crippen LogP contribution in [0.25, 0.3) is 5.69 Å². The fraction of sp³-hybridized carbons (Fsp3) is 0.462. The molecule has 0 saturated carbocycles. The van der Waals surface area contributed by atoms with Gasteiger partial charge in [0, 0.05) is 17.6 Å². The second-order valence-corrected chi connectivity index (χ2v) is 5.41. The molecule has 6 heteroatoms. The van der Waals surface area contributed by atoms with Gasteiger partial charge in [0.2, 0.25) is 0 Å². The van der Waals surface area contributed by atoms with Gasteiger partial charge in [-0.3, -0.25) is 0 Å². The van der Waals surface area contributed by atoms with Crippen LogP contribution in [0.5, 0.6) is 0 Å². The molecule has 0 aliphatic carbocycles. The summed E-state index contributed by atoms with van der Waals surface area (Å²) in [7, 11) is 0. The molecule has 1 aromatic heterocycles. The monoisotopic (exact) mass is 259 g/mol. The smallest absolute Gasteiger partial charge is 0.143 e. The second-order valence-electron chi connectivity index (χ2n) is 5.41. The SMILES string of the molecule is Cc1cc(NCC2(C)COC2)ccc1-n1cnnn1. The molecule has 0 bridgehead atoms. The molecule has 2 aromatic rings. The quantitative estimate of drug-likeness (QED) is 0.899. The summed E-state index contributed by atoms with van der Waals surface area (Å²) >= 11 is 0. The summed E-state index contributed by atoms with van der Waals surface area (Å²) in [5.74, 6) is 0. The van der Waals surface area contributed by atoms with E-state index in [0.29, 0.717) is 0 Å². The van der Waals surface area contributed by atoms with Crippen molar-refractivity contribution in [3.8, 4) is 5.69 Å². The predicted octanol–water partition coefficient (Wildman–Crippen LogP) is 1.42. The van der Waals surface area contributed by atoms with E-state index in [-0.39, 0.29) is 5.41 Å². The van der Waals surface area contributed by atoms with E-state index in [4.69, 9.17) is 4.74 Å². The molecule has 1 aliphatic rings. The van der Waals surface area contributed by atoms with Crippen LogP contribution >= 0.6 is 0 Å². The van der Waals surface area contributed by atoms with Crippen LogP contribution in [0.2, 0.25) is 0 Å². The summed E-state index contributed by atoms with van der Waals surface area (Å²) in [5, 5.41) is 14.7. The highest BCUT2D eigenvalue weighted by Gasteiger charge is 2.32. The van der Waals surface area contributed by atoms with E-state index in [0.717, 1.165) is 36.7 Å². The number of anilines is 1. The number of nitrogens with one attached hydrogen (secondary N) is 1. The average molecular weight is 259 g/mol. The Kier molecular flexibility index (Phi) is 2.94. The van der Waals surface area contributed by atoms with Crippen LogP contribution in [0, 0.1) is 12.3 Å². The van der Waals surface area contributed by atoms with Crippen molar-refractivity contribution in [1.82, 2.24) is 20.2 Å². The van der Waals surface area contributed by atoms with Gasteiger partial charge < -0.3 is 10.1 Å². The minimum absolute atomic E-state index is 0.266. The predicted molar refractivity (Wildman–Crippen MR) is 71.3 cm³/mol. The van der Waals surface area contributed by atoms with Gasteiger partial charge in [0.15, 0.2) is 0 Å². The number of ether oxygens (including phenoxy) is 1. The van der Waals surface area contributed by atoms with E-state index in [1.807, 2.05) is 12.1 Å². The molecule has 1 fully saturated rings. The normalized spacial score (nSPS) is 16.9. The number of tetrazole rings is 1. The van der Waals surface area contributed by atoms with E-state index in [2.05, 4.69) is 40.8 Å². The Bertz CT molecular complexity index is 562. The number of hydrogen-bond donors (Lipinski definition) is 1. The third-order valence-corrected chi connectivity index (χ3v) is 3.41. The van der Waals surface area contributed by atoms with Gasteiger partial charge >= 0.3 is 0 Å². The molecule has 0 atom stereocenters. The molecule has 1 saturated heterocycles. The van der Waals surface area contributed by atoms with E-state index < -0.39 is 0 Å². The van der Waals surface area contributed by atoms with Crippen molar-refractivity contribution in [2.24, 2.45) is 5.41 Å². The van der Waals surface area contributed by atoms with Crippen molar-refractivity contribution in [2.45, 2.75) is 13.8 Å². The first-order chi connectivity index (χ1) is 9.16. The molecule has 100 valence electrons. The molecule has 1 N–H and O–H groups in total. The lowest BCUT2D eigenvalue weighted by Gasteiger charge is -2.38. The maximum atomic E-state index is 5.25. The average Bonchev–Trinajstić information content (AvgIpc) is 2.88. The van der Waals surface area contributed by atoms with Crippen molar-refractivity contribution in [2.75, 3.05) is 25.1 Å². The Hall–Kier alpha value is -1.95. The van der Waals surface area contributed by atoms with Crippen molar-refractivity contribution >= 4 is 5.69 Å². The topological polar surface area (TPSA) is 64.9 Å². The number of benzene rings is 1. The fourth-order valence-electron chi connectivity index (χ4n) is 2.16. The van der Waals surface area contributed by atoms with Crippen LogP contribution in [0.15, 0.2) is 24.5 Å². The molecule has 0 spiro atoms. The molecule has 0 amide bonds. The van der Waals surface area contributed by atoms with Gasteiger partial charge in [-0.15, -0.1) is 5.10 Å². The zero-order valence-electron chi connectivity index (χ0n) is 11.1. The van der Waals surface area contributed by atoms with Crippen molar-refractivity contribution < 1.29 is 4.74 Å². The summed E-state index contributed by atoms with van der Waals surface area (Å²) in [6.45, 7) is 6.88. The number of aryl methyl sites for hydroxylation is 1. The summed E-state index contributed by atoms with van der Waals surface area (Å²) in [6, 6.07) is 6.18. The summed E-state index contributed by atoms with van der Waals surface area (Å²) in [5.41, 5.74) is 3.51. The van der Waals surface area contributed by atoms with Gasteiger partial charge in [-0.1, -0.05) is 6.92 Å². The standard InChI is InChI=1S/C13H17N5O/c1-10-5-11(14-6-13(2)7-19-8-13)3-4-12(10)18-9-15-16-17-18/h3-5,9,14H,6-8H2,1-2H3. The van der Waals surface area contributed by atoms with E-state index in [9.17, 15) is 0 Å². The lowest BCUT2D eigenvalue weighted by Crippen LogP contribution is -2.45. The molecular weight excluding hydrogens is 242 g/mol. The third-order valence-electron chi connectivity index (χ3n) is 3.41. The second kappa shape index (κ2) is 4.62. The van der Waals surface area contributed by atoms with Gasteiger partial charge in [-0.2, -0.15) is 0 Å². The highest BCUT2D eigenvalue weighted by molar-refractivity contribution is 5.53. The molecule has 1 aliphatic heterocycles. The van der Waals surface area contributed by atoms with Crippen LogP contribution in [0.1, 0.15) is 12.5 Å². The minimum atomic E-state index is 0.266. The van der Waals surface area contributed by atoms with E-state index in [1.165, 1.54) is 0 Å². The zero-order chi connectivity index (χ0) is 13.3. The van der Waals surface area contributed by atoms with E-state index >= 15 is 0 Å². The molecular formula is C13H17N5O. The van der Waals surface area contributed by atoms with Gasteiger partial charge in [-0.25, -0.2) is 4.68 Å². The van der Waals surface area contributed by atoms with Gasteiger partial charge in [0.1, 0.15) is 6.33 Å². The van der Waals surface area contributed by atoms with Gasteiger partial charge in [-0.05, 0) is 41.1 Å². The maximum absolute atomic E-state index is 5.25.